The summed E-state index contributed by atoms with van der Waals surface area (Å²) >= 11 is 8.59. The number of thiophene rings is 1. The van der Waals surface area contributed by atoms with Gasteiger partial charge < -0.3 is 33.7 Å². The first kappa shape index (κ1) is 42.9. The predicted octanol–water partition coefficient (Wildman–Crippen LogP) is 8.63. The number of nitrogens with zero attached hydrogens (tertiary/aromatic N) is 6. The SMILES string of the molecule is COc1ccccc1-c1nccc(COc2ccc3cc2CC(C(=O)O)Oc2ncnc4sc(-c5ccc(F)cc5)c(c24)-c2ccc(c(Cl)c2C)O[C@H](CN2CCN(C)CC2)CO3)n1. The lowest BCUT2D eigenvalue weighted by atomic mass is 9.96. The van der Waals surface area contributed by atoms with Gasteiger partial charge in [0, 0.05) is 61.3 Å². The number of para-hydroxylation sites is 1. The molecule has 4 aromatic carbocycles. The molecule has 0 saturated carbocycles. The Labute approximate surface area is 378 Å². The molecule has 1 saturated heterocycles. The van der Waals surface area contributed by atoms with Crippen LogP contribution >= 0.6 is 22.9 Å². The van der Waals surface area contributed by atoms with E-state index in [4.69, 9.17) is 40.3 Å². The number of hydrogen-bond acceptors (Lipinski definition) is 13. The van der Waals surface area contributed by atoms with E-state index in [2.05, 4.69) is 31.8 Å². The molecule has 64 heavy (non-hydrogen) atoms. The zero-order chi connectivity index (χ0) is 44.3. The molecule has 10 rings (SSSR count). The molecule has 3 aliphatic heterocycles. The number of fused-ring (bicyclic) bond motifs is 7. The zero-order valence-electron chi connectivity index (χ0n) is 35.3. The number of carbonyl (C=O) groups is 1. The number of aliphatic carboxylic acids is 1. The first-order chi connectivity index (χ1) is 31.1. The quantitative estimate of drug-likeness (QED) is 0.148. The molecule has 1 fully saturated rings. The Morgan fingerprint density at radius 2 is 1.77 bits per heavy atom. The summed E-state index contributed by atoms with van der Waals surface area (Å²) in [5, 5.41) is 11.7. The zero-order valence-corrected chi connectivity index (χ0v) is 36.9. The van der Waals surface area contributed by atoms with E-state index in [0.717, 1.165) is 47.7 Å². The number of hydrogen-bond donors (Lipinski definition) is 1. The average Bonchev–Trinajstić information content (AvgIpc) is 3.70. The molecule has 0 radical (unpaired) electrons. The molecule has 2 atom stereocenters. The van der Waals surface area contributed by atoms with Gasteiger partial charge in [0.15, 0.2) is 5.82 Å². The second-order valence-corrected chi connectivity index (χ2v) is 17.0. The van der Waals surface area contributed by atoms with Crippen molar-refractivity contribution in [1.82, 2.24) is 29.7 Å². The fourth-order valence-electron chi connectivity index (χ4n) is 7.94. The van der Waals surface area contributed by atoms with Gasteiger partial charge in [-0.2, -0.15) is 0 Å². The molecule has 4 bridgehead atoms. The number of benzene rings is 4. The van der Waals surface area contributed by atoms with Crippen molar-refractivity contribution >= 4 is 39.1 Å². The Hall–Kier alpha value is -6.39. The van der Waals surface area contributed by atoms with E-state index in [1.165, 1.54) is 29.8 Å². The Bertz CT molecular complexity index is 2820. The van der Waals surface area contributed by atoms with Crippen molar-refractivity contribution in [3.63, 3.8) is 0 Å². The van der Waals surface area contributed by atoms with Crippen LogP contribution in [0.25, 0.3) is 43.2 Å². The van der Waals surface area contributed by atoms with Gasteiger partial charge in [-0.05, 0) is 85.3 Å². The molecular formula is C48H44ClFN6O7S. The summed E-state index contributed by atoms with van der Waals surface area (Å²) in [5.41, 5.74) is 4.67. The molecule has 0 spiro atoms. The van der Waals surface area contributed by atoms with Crippen LogP contribution in [0.4, 0.5) is 4.39 Å². The maximum Gasteiger partial charge on any atom is 0.345 e. The van der Waals surface area contributed by atoms with Crippen molar-refractivity contribution in [3.8, 4) is 61.8 Å². The average molecular weight is 903 g/mol. The summed E-state index contributed by atoms with van der Waals surface area (Å²) in [6.45, 7) is 6.27. The molecule has 1 unspecified atom stereocenters. The lowest BCUT2D eigenvalue weighted by molar-refractivity contribution is -0.145. The Balaban J connectivity index is 1.13. The smallest absolute Gasteiger partial charge is 0.345 e. The van der Waals surface area contributed by atoms with Gasteiger partial charge in [-0.25, -0.2) is 29.1 Å². The number of halogens is 2. The van der Waals surface area contributed by atoms with E-state index >= 15 is 0 Å². The van der Waals surface area contributed by atoms with Crippen LogP contribution in [0.2, 0.25) is 5.02 Å². The summed E-state index contributed by atoms with van der Waals surface area (Å²) in [7, 11) is 3.71. The van der Waals surface area contributed by atoms with Crippen molar-refractivity contribution in [2.24, 2.45) is 0 Å². The number of ether oxygens (including phenoxy) is 5. The number of carboxylic acids is 1. The predicted molar refractivity (Wildman–Crippen MR) is 242 cm³/mol. The van der Waals surface area contributed by atoms with Gasteiger partial charge in [0.1, 0.15) is 59.3 Å². The molecule has 6 heterocycles. The number of carboxylic acid groups (broad SMARTS) is 1. The molecule has 0 aliphatic carbocycles. The maximum atomic E-state index is 14.3. The number of likely N-dealkylation sites (N-methyl/N-ethyl adjacent to an activating group) is 1. The Morgan fingerprint density at radius 3 is 2.56 bits per heavy atom. The van der Waals surface area contributed by atoms with E-state index < -0.39 is 18.2 Å². The van der Waals surface area contributed by atoms with Crippen LogP contribution in [0.5, 0.6) is 28.9 Å². The summed E-state index contributed by atoms with van der Waals surface area (Å²) < 4.78 is 45.9. The highest BCUT2D eigenvalue weighted by Crippen LogP contribution is 2.49. The third-order valence-corrected chi connectivity index (χ3v) is 13.0. The van der Waals surface area contributed by atoms with Crippen LogP contribution in [-0.2, 0) is 17.8 Å². The minimum atomic E-state index is -1.44. The van der Waals surface area contributed by atoms with E-state index in [1.54, 1.807) is 49.7 Å². The van der Waals surface area contributed by atoms with Crippen LogP contribution in [0, 0.1) is 12.7 Å². The van der Waals surface area contributed by atoms with E-state index in [0.29, 0.717) is 73.0 Å². The van der Waals surface area contributed by atoms with Gasteiger partial charge in [-0.3, -0.25) is 4.90 Å². The number of methoxy groups -OCH3 is 1. The van der Waals surface area contributed by atoms with Crippen LogP contribution in [0.15, 0.2) is 97.5 Å². The fourth-order valence-corrected chi connectivity index (χ4v) is 9.30. The van der Waals surface area contributed by atoms with E-state index in [1.807, 2.05) is 43.3 Å². The monoisotopic (exact) mass is 902 g/mol. The standard InChI is InChI=1S/C48H44ClFN6O7S/c1-28-35-13-15-39(43(28)49)62-34(24-56-20-18-55(2)19-21-56)26-60-33-12-14-37(61-25-32-16-17-51-45(54-32)36-6-4-5-7-38(36)59-3)30(22-33)23-40(48(57)58)63-46-42-41(35)44(64-47(42)53-27-52-46)29-8-10-31(50)11-9-29/h4-17,22,27,34,40H,18-21,23-26H2,1-3H3,(H,57,58)/t34-,40?/m1/s1. The summed E-state index contributed by atoms with van der Waals surface area (Å²) in [5.74, 6) is 0.934. The number of rotatable bonds is 9. The van der Waals surface area contributed by atoms with Crippen molar-refractivity contribution in [2.75, 3.05) is 53.5 Å². The van der Waals surface area contributed by atoms with Gasteiger partial charge in [-0.1, -0.05) is 41.9 Å². The second-order valence-electron chi connectivity index (χ2n) is 15.7. The fraction of sp³-hybridized carbons (Fsp3) is 0.271. The summed E-state index contributed by atoms with van der Waals surface area (Å²) in [4.78, 5) is 37.5. The number of aromatic nitrogens is 4. The van der Waals surface area contributed by atoms with Gasteiger partial charge in [0.25, 0.3) is 0 Å². The molecule has 0 amide bonds. The van der Waals surface area contributed by atoms with E-state index in [-0.39, 0.29) is 31.3 Å². The molecule has 13 nitrogen and oxygen atoms in total. The first-order valence-corrected chi connectivity index (χ1v) is 21.9. The highest BCUT2D eigenvalue weighted by atomic mass is 35.5. The highest BCUT2D eigenvalue weighted by molar-refractivity contribution is 7.22. The molecule has 3 aromatic heterocycles. The topological polar surface area (TPSA) is 141 Å². The van der Waals surface area contributed by atoms with Gasteiger partial charge in [0.05, 0.1) is 28.8 Å². The molecule has 328 valence electrons. The third-order valence-electron chi connectivity index (χ3n) is 11.4. The Kier molecular flexibility index (Phi) is 12.6. The minimum Gasteiger partial charge on any atom is -0.496 e. The highest BCUT2D eigenvalue weighted by Gasteiger charge is 2.30. The first-order valence-electron chi connectivity index (χ1n) is 20.8. The van der Waals surface area contributed by atoms with Crippen molar-refractivity contribution in [1.29, 1.82) is 0 Å². The van der Waals surface area contributed by atoms with E-state index in [9.17, 15) is 14.3 Å². The van der Waals surface area contributed by atoms with Crippen LogP contribution in [-0.4, -0.2) is 107 Å². The number of piperazine rings is 1. The van der Waals surface area contributed by atoms with Gasteiger partial charge in [-0.15, -0.1) is 11.3 Å². The minimum absolute atomic E-state index is 0.0473. The largest absolute Gasteiger partial charge is 0.496 e. The molecular weight excluding hydrogens is 859 g/mol. The van der Waals surface area contributed by atoms with Gasteiger partial charge in [0.2, 0.25) is 12.0 Å². The van der Waals surface area contributed by atoms with Crippen LogP contribution in [0.3, 0.4) is 0 Å². The lowest BCUT2D eigenvalue weighted by Gasteiger charge is -2.34. The summed E-state index contributed by atoms with van der Waals surface area (Å²) in [6, 6.07) is 24.5. The van der Waals surface area contributed by atoms with Crippen molar-refractivity contribution in [3.05, 3.63) is 125 Å². The summed E-state index contributed by atoms with van der Waals surface area (Å²) in [6.07, 6.45) is 0.986. The van der Waals surface area contributed by atoms with Crippen LogP contribution < -0.4 is 23.7 Å². The third kappa shape index (κ3) is 9.15. The van der Waals surface area contributed by atoms with Gasteiger partial charge >= 0.3 is 5.97 Å². The normalized spacial score (nSPS) is 17.0. The molecule has 3 aliphatic rings. The van der Waals surface area contributed by atoms with Crippen LogP contribution in [0.1, 0.15) is 16.8 Å². The van der Waals surface area contributed by atoms with Crippen molar-refractivity contribution < 1.29 is 38.0 Å². The Morgan fingerprint density at radius 1 is 0.953 bits per heavy atom. The second kappa shape index (κ2) is 18.8. The lowest BCUT2D eigenvalue weighted by Crippen LogP contribution is -2.49. The maximum absolute atomic E-state index is 14.3. The molecule has 16 heteroatoms. The van der Waals surface area contributed by atoms with Crippen molar-refractivity contribution in [2.45, 2.75) is 32.2 Å². The molecule has 1 N–H and O–H groups in total. The molecule has 7 aromatic rings.